The van der Waals surface area contributed by atoms with Gasteiger partial charge in [-0.05, 0) is 25.6 Å². The van der Waals surface area contributed by atoms with Gasteiger partial charge in [0.15, 0.2) is 0 Å². The van der Waals surface area contributed by atoms with E-state index in [1.165, 1.54) is 0 Å². The van der Waals surface area contributed by atoms with Crippen LogP contribution < -0.4 is 10.1 Å². The summed E-state index contributed by atoms with van der Waals surface area (Å²) < 4.78 is 5.99. The summed E-state index contributed by atoms with van der Waals surface area (Å²) >= 11 is 0. The number of fused-ring (bicyclic) bond motifs is 1. The normalized spacial score (nSPS) is 12.6. The highest BCUT2D eigenvalue weighted by atomic mass is 16.5. The molecule has 0 fully saturated rings. The van der Waals surface area contributed by atoms with Gasteiger partial charge < -0.3 is 10.1 Å². The maximum absolute atomic E-state index is 5.99. The number of aromatic nitrogens is 1. The van der Waals surface area contributed by atoms with Crippen molar-refractivity contribution in [3.8, 4) is 5.75 Å². The number of hydrogen-bond acceptors (Lipinski definition) is 3. The molecule has 0 saturated carbocycles. The van der Waals surface area contributed by atoms with Gasteiger partial charge in [0, 0.05) is 18.1 Å². The predicted octanol–water partition coefficient (Wildman–Crippen LogP) is 2.61. The molecular weight excluding hydrogens is 212 g/mol. The Labute approximate surface area is 102 Å². The van der Waals surface area contributed by atoms with Gasteiger partial charge in [-0.25, -0.2) is 0 Å². The van der Waals surface area contributed by atoms with E-state index >= 15 is 0 Å². The summed E-state index contributed by atoms with van der Waals surface area (Å²) in [6.45, 7) is 2.97. The molecule has 1 unspecified atom stereocenters. The van der Waals surface area contributed by atoms with Crippen LogP contribution in [-0.4, -0.2) is 24.7 Å². The minimum atomic E-state index is 0.188. The third kappa shape index (κ3) is 2.74. The molecule has 0 amide bonds. The molecule has 0 bridgehead atoms. The average Bonchev–Trinajstić information content (AvgIpc) is 2.38. The molecule has 1 aromatic heterocycles. The first-order valence-corrected chi connectivity index (χ1v) is 6.00. The summed E-state index contributed by atoms with van der Waals surface area (Å²) in [7, 11) is 1.94. The van der Waals surface area contributed by atoms with E-state index in [0.29, 0.717) is 0 Å². The van der Waals surface area contributed by atoms with E-state index < -0.39 is 0 Å². The van der Waals surface area contributed by atoms with Gasteiger partial charge in [-0.2, -0.15) is 0 Å². The zero-order valence-corrected chi connectivity index (χ0v) is 10.3. The van der Waals surface area contributed by atoms with Crippen LogP contribution in [0.3, 0.4) is 0 Å². The number of benzene rings is 1. The minimum Gasteiger partial charge on any atom is -0.487 e. The molecule has 1 aromatic carbocycles. The summed E-state index contributed by atoms with van der Waals surface area (Å²) in [6.07, 6.45) is 2.96. The van der Waals surface area contributed by atoms with Crippen LogP contribution >= 0.6 is 0 Å². The summed E-state index contributed by atoms with van der Waals surface area (Å²) in [5, 5.41) is 4.26. The highest BCUT2D eigenvalue weighted by Crippen LogP contribution is 2.24. The van der Waals surface area contributed by atoms with Gasteiger partial charge in [-0.1, -0.05) is 25.1 Å². The van der Waals surface area contributed by atoms with Crippen molar-refractivity contribution in [2.24, 2.45) is 0 Å². The molecule has 3 heteroatoms. The van der Waals surface area contributed by atoms with Crippen LogP contribution in [0.4, 0.5) is 0 Å². The lowest BCUT2D eigenvalue weighted by atomic mass is 10.2. The van der Waals surface area contributed by atoms with Crippen molar-refractivity contribution in [3.63, 3.8) is 0 Å². The molecule has 1 atom stereocenters. The van der Waals surface area contributed by atoms with Crippen molar-refractivity contribution < 1.29 is 4.74 Å². The summed E-state index contributed by atoms with van der Waals surface area (Å²) in [5.41, 5.74) is 0.935. The van der Waals surface area contributed by atoms with Crippen molar-refractivity contribution in [3.05, 3.63) is 36.5 Å². The fourth-order valence-electron chi connectivity index (χ4n) is 1.85. The van der Waals surface area contributed by atoms with Crippen molar-refractivity contribution in [1.29, 1.82) is 0 Å². The second kappa shape index (κ2) is 5.64. The van der Waals surface area contributed by atoms with Crippen molar-refractivity contribution in [1.82, 2.24) is 10.3 Å². The molecule has 0 aliphatic rings. The van der Waals surface area contributed by atoms with Gasteiger partial charge in [-0.15, -0.1) is 0 Å². The molecule has 90 valence electrons. The number of nitrogens with zero attached hydrogens (tertiary/aromatic N) is 1. The SMILES string of the molecule is CCC(CNC)Oc1cccc2cccnc12. The zero-order valence-electron chi connectivity index (χ0n) is 10.3. The molecular formula is C14H18N2O. The van der Waals surface area contributed by atoms with Crippen LogP contribution in [0, 0.1) is 0 Å². The molecule has 1 heterocycles. The highest BCUT2D eigenvalue weighted by molar-refractivity contribution is 5.84. The molecule has 0 saturated heterocycles. The predicted molar refractivity (Wildman–Crippen MR) is 70.4 cm³/mol. The van der Waals surface area contributed by atoms with E-state index in [2.05, 4.69) is 17.2 Å². The summed E-state index contributed by atoms with van der Waals surface area (Å²) in [4.78, 5) is 4.38. The first kappa shape index (κ1) is 11.9. The lowest BCUT2D eigenvalue weighted by Crippen LogP contribution is -2.28. The van der Waals surface area contributed by atoms with Crippen molar-refractivity contribution >= 4 is 10.9 Å². The molecule has 0 spiro atoms. The maximum Gasteiger partial charge on any atom is 0.146 e. The Bertz CT molecular complexity index is 479. The molecule has 2 aromatic rings. The fourth-order valence-corrected chi connectivity index (χ4v) is 1.85. The summed E-state index contributed by atoms with van der Waals surface area (Å²) in [5.74, 6) is 0.866. The lowest BCUT2D eigenvalue weighted by molar-refractivity contribution is 0.198. The summed E-state index contributed by atoms with van der Waals surface area (Å²) in [6, 6.07) is 10.0. The number of ether oxygens (including phenoxy) is 1. The van der Waals surface area contributed by atoms with Gasteiger partial charge in [0.25, 0.3) is 0 Å². The third-order valence-corrected chi connectivity index (χ3v) is 2.78. The molecule has 2 rings (SSSR count). The highest BCUT2D eigenvalue weighted by Gasteiger charge is 2.09. The topological polar surface area (TPSA) is 34.1 Å². The van der Waals surface area contributed by atoms with Crippen LogP contribution in [0.5, 0.6) is 5.75 Å². The van der Waals surface area contributed by atoms with Gasteiger partial charge in [0.05, 0.1) is 0 Å². The number of hydrogen-bond donors (Lipinski definition) is 1. The number of rotatable bonds is 5. The Morgan fingerprint density at radius 3 is 2.88 bits per heavy atom. The second-order valence-corrected chi connectivity index (χ2v) is 4.04. The molecule has 0 aliphatic heterocycles. The fraction of sp³-hybridized carbons (Fsp3) is 0.357. The van der Waals surface area contributed by atoms with Gasteiger partial charge in [-0.3, -0.25) is 4.98 Å². The largest absolute Gasteiger partial charge is 0.487 e. The van der Waals surface area contributed by atoms with E-state index in [9.17, 15) is 0 Å². The van der Waals surface area contributed by atoms with Crippen molar-refractivity contribution in [2.75, 3.05) is 13.6 Å². The molecule has 3 nitrogen and oxygen atoms in total. The van der Waals surface area contributed by atoms with E-state index in [4.69, 9.17) is 4.74 Å². The monoisotopic (exact) mass is 230 g/mol. The van der Waals surface area contributed by atoms with Crippen LogP contribution in [0.15, 0.2) is 36.5 Å². The first-order chi connectivity index (χ1) is 8.35. The minimum absolute atomic E-state index is 0.188. The van der Waals surface area contributed by atoms with Crippen LogP contribution in [-0.2, 0) is 0 Å². The van der Waals surface area contributed by atoms with E-state index in [0.717, 1.165) is 29.6 Å². The van der Waals surface area contributed by atoms with E-state index in [1.54, 1.807) is 6.20 Å². The van der Waals surface area contributed by atoms with Gasteiger partial charge >= 0.3 is 0 Å². The molecule has 17 heavy (non-hydrogen) atoms. The number of likely N-dealkylation sites (N-methyl/N-ethyl adjacent to an activating group) is 1. The zero-order chi connectivity index (χ0) is 12.1. The molecule has 0 radical (unpaired) electrons. The molecule has 1 N–H and O–H groups in total. The Hall–Kier alpha value is -1.61. The quantitative estimate of drug-likeness (QED) is 0.857. The number of pyridine rings is 1. The molecule has 0 aliphatic carbocycles. The standard InChI is InChI=1S/C14H18N2O/c1-3-12(10-15-2)17-13-8-4-6-11-7-5-9-16-14(11)13/h4-9,12,15H,3,10H2,1-2H3. The first-order valence-electron chi connectivity index (χ1n) is 6.00. The Morgan fingerprint density at radius 2 is 2.12 bits per heavy atom. The second-order valence-electron chi connectivity index (χ2n) is 4.04. The lowest BCUT2D eigenvalue weighted by Gasteiger charge is -2.17. The van der Waals surface area contributed by atoms with Crippen LogP contribution in [0.1, 0.15) is 13.3 Å². The van der Waals surface area contributed by atoms with Crippen LogP contribution in [0.2, 0.25) is 0 Å². The van der Waals surface area contributed by atoms with Gasteiger partial charge in [0.2, 0.25) is 0 Å². The van der Waals surface area contributed by atoms with Crippen molar-refractivity contribution in [2.45, 2.75) is 19.4 Å². The van der Waals surface area contributed by atoms with Gasteiger partial charge in [0.1, 0.15) is 17.4 Å². The maximum atomic E-state index is 5.99. The Morgan fingerprint density at radius 1 is 1.29 bits per heavy atom. The average molecular weight is 230 g/mol. The van der Waals surface area contributed by atoms with E-state index in [1.807, 2.05) is 37.4 Å². The number of nitrogens with one attached hydrogen (secondary N) is 1. The Kier molecular flexibility index (Phi) is 3.94. The van der Waals surface area contributed by atoms with E-state index in [-0.39, 0.29) is 6.10 Å². The number of para-hydroxylation sites is 1. The third-order valence-electron chi connectivity index (χ3n) is 2.78. The van der Waals surface area contributed by atoms with Crippen LogP contribution in [0.25, 0.3) is 10.9 Å². The smallest absolute Gasteiger partial charge is 0.146 e. The Balaban J connectivity index is 2.28.